The Hall–Kier alpha value is -2.81. The van der Waals surface area contributed by atoms with Crippen LogP contribution in [0.1, 0.15) is 5.56 Å². The van der Waals surface area contributed by atoms with Crippen molar-refractivity contribution in [3.8, 4) is 5.75 Å². The molecular weight excluding hydrogens is 480 g/mol. The van der Waals surface area contributed by atoms with E-state index in [4.69, 9.17) is 18.9 Å². The third kappa shape index (κ3) is 5.16. The standard InChI is InChI=1S/C24H28O12/c25-10-15-19(29)20(30)21(31)23(35-15)36-22-18-13(9-16(27)24(18,32)7-8-33-22)11-34-17(28)6-3-12-1-4-14(26)5-2-12/h1-9,15-16,18-23,25-27,29-32H,10-11H2/b6-3+/t15-,16+,18-,19+,20-,21-,22+,23-,24-/m0/s1. The molecule has 1 fully saturated rings. The lowest BCUT2D eigenvalue weighted by atomic mass is 9.83. The Labute approximate surface area is 205 Å². The number of ether oxygens (including phenoxy) is 4. The van der Waals surface area contributed by atoms with Crippen molar-refractivity contribution in [3.05, 3.63) is 59.9 Å². The van der Waals surface area contributed by atoms with E-state index in [2.05, 4.69) is 0 Å². The Balaban J connectivity index is 1.45. The lowest BCUT2D eigenvalue weighted by Crippen LogP contribution is -2.61. The van der Waals surface area contributed by atoms with Crippen molar-refractivity contribution in [2.75, 3.05) is 13.2 Å². The van der Waals surface area contributed by atoms with Crippen LogP contribution in [0.2, 0.25) is 0 Å². The van der Waals surface area contributed by atoms with Crippen LogP contribution in [0.5, 0.6) is 5.75 Å². The molecule has 0 spiro atoms. The summed E-state index contributed by atoms with van der Waals surface area (Å²) in [5.74, 6) is -1.73. The van der Waals surface area contributed by atoms with Gasteiger partial charge in [-0.05, 0) is 41.5 Å². The third-order valence-corrected chi connectivity index (χ3v) is 6.37. The fourth-order valence-corrected chi connectivity index (χ4v) is 4.33. The minimum atomic E-state index is -1.89. The van der Waals surface area contributed by atoms with Gasteiger partial charge in [-0.15, -0.1) is 0 Å². The number of esters is 1. The van der Waals surface area contributed by atoms with E-state index in [1.807, 2.05) is 0 Å². The van der Waals surface area contributed by atoms with E-state index in [1.165, 1.54) is 36.4 Å². The first-order valence-electron chi connectivity index (χ1n) is 11.2. The molecule has 1 aliphatic carbocycles. The van der Waals surface area contributed by atoms with Gasteiger partial charge in [0.1, 0.15) is 48.5 Å². The number of carbonyl (C=O) groups is 1. The summed E-state index contributed by atoms with van der Waals surface area (Å²) >= 11 is 0. The van der Waals surface area contributed by atoms with Gasteiger partial charge in [-0.25, -0.2) is 4.79 Å². The first-order chi connectivity index (χ1) is 17.1. The summed E-state index contributed by atoms with van der Waals surface area (Å²) in [4.78, 5) is 12.2. The van der Waals surface area contributed by atoms with Crippen LogP contribution in [0.3, 0.4) is 0 Å². The van der Waals surface area contributed by atoms with Crippen molar-refractivity contribution in [3.63, 3.8) is 0 Å². The van der Waals surface area contributed by atoms with Crippen molar-refractivity contribution >= 4 is 12.0 Å². The summed E-state index contributed by atoms with van der Waals surface area (Å²) in [5, 5.41) is 70.5. The Morgan fingerprint density at radius 3 is 2.47 bits per heavy atom. The van der Waals surface area contributed by atoms with E-state index in [0.717, 1.165) is 6.26 Å². The van der Waals surface area contributed by atoms with E-state index in [1.54, 1.807) is 12.1 Å². The summed E-state index contributed by atoms with van der Waals surface area (Å²) in [7, 11) is 0. The Morgan fingerprint density at radius 1 is 1.06 bits per heavy atom. The van der Waals surface area contributed by atoms with Gasteiger partial charge in [-0.1, -0.05) is 12.1 Å². The predicted molar refractivity (Wildman–Crippen MR) is 119 cm³/mol. The molecule has 0 amide bonds. The van der Waals surface area contributed by atoms with Gasteiger partial charge >= 0.3 is 5.97 Å². The fraction of sp³-hybridized carbons (Fsp3) is 0.458. The third-order valence-electron chi connectivity index (χ3n) is 6.37. The average molecular weight is 508 g/mol. The van der Waals surface area contributed by atoms with Crippen molar-refractivity contribution < 1.29 is 59.5 Å². The minimum Gasteiger partial charge on any atom is -0.508 e. The molecule has 1 aromatic rings. The van der Waals surface area contributed by atoms with E-state index in [9.17, 15) is 40.5 Å². The lowest BCUT2D eigenvalue weighted by Gasteiger charge is -2.44. The molecule has 0 aromatic heterocycles. The monoisotopic (exact) mass is 508 g/mol. The van der Waals surface area contributed by atoms with Gasteiger partial charge < -0.3 is 54.7 Å². The topological polar surface area (TPSA) is 196 Å². The molecule has 12 heteroatoms. The molecule has 2 heterocycles. The molecule has 36 heavy (non-hydrogen) atoms. The maximum Gasteiger partial charge on any atom is 0.331 e. The summed E-state index contributed by atoms with van der Waals surface area (Å²) in [6.45, 7) is -1.00. The smallest absolute Gasteiger partial charge is 0.331 e. The quantitative estimate of drug-likeness (QED) is 0.125. The van der Waals surface area contributed by atoms with Crippen LogP contribution in [-0.4, -0.2) is 104 Å². The maximum atomic E-state index is 12.2. The molecule has 9 atom stereocenters. The summed E-state index contributed by atoms with van der Waals surface area (Å²) in [5.41, 5.74) is -0.982. The second kappa shape index (κ2) is 10.7. The second-order valence-electron chi connectivity index (χ2n) is 8.72. The summed E-state index contributed by atoms with van der Waals surface area (Å²) in [6, 6.07) is 6.12. The van der Waals surface area contributed by atoms with E-state index >= 15 is 0 Å². The van der Waals surface area contributed by atoms with Crippen LogP contribution < -0.4 is 0 Å². The Morgan fingerprint density at radius 2 is 1.78 bits per heavy atom. The molecule has 3 aliphatic rings. The molecule has 0 saturated carbocycles. The fourth-order valence-electron chi connectivity index (χ4n) is 4.33. The largest absolute Gasteiger partial charge is 0.508 e. The number of aromatic hydroxyl groups is 1. The van der Waals surface area contributed by atoms with E-state index in [0.29, 0.717) is 5.56 Å². The number of aliphatic hydroxyl groups excluding tert-OH is 5. The summed E-state index contributed by atoms with van der Waals surface area (Å²) in [6.07, 6.45) is -4.29. The molecule has 7 N–H and O–H groups in total. The van der Waals surface area contributed by atoms with Crippen LogP contribution in [-0.2, 0) is 23.7 Å². The van der Waals surface area contributed by atoms with Gasteiger partial charge in [-0.2, -0.15) is 0 Å². The highest BCUT2D eigenvalue weighted by molar-refractivity contribution is 5.87. The van der Waals surface area contributed by atoms with Crippen molar-refractivity contribution in [2.45, 2.75) is 48.7 Å². The highest BCUT2D eigenvalue weighted by Gasteiger charge is 2.56. The van der Waals surface area contributed by atoms with Gasteiger partial charge in [0.25, 0.3) is 0 Å². The lowest BCUT2D eigenvalue weighted by molar-refractivity contribution is -0.344. The zero-order valence-electron chi connectivity index (χ0n) is 18.9. The highest BCUT2D eigenvalue weighted by atomic mass is 16.8. The molecular formula is C24H28O12. The molecule has 0 bridgehead atoms. The normalized spacial score (nSPS) is 37.9. The van der Waals surface area contributed by atoms with E-state index < -0.39 is 67.2 Å². The van der Waals surface area contributed by atoms with Crippen LogP contribution in [0.25, 0.3) is 6.08 Å². The number of benzene rings is 1. The molecule has 0 radical (unpaired) electrons. The molecule has 4 rings (SSSR count). The number of aliphatic hydroxyl groups is 6. The van der Waals surface area contributed by atoms with Crippen molar-refractivity contribution in [2.24, 2.45) is 5.92 Å². The van der Waals surface area contributed by atoms with Crippen molar-refractivity contribution in [1.82, 2.24) is 0 Å². The number of phenolic OH excluding ortho intramolecular Hbond substituents is 1. The van der Waals surface area contributed by atoms with Crippen LogP contribution in [0, 0.1) is 5.92 Å². The summed E-state index contributed by atoms with van der Waals surface area (Å²) < 4.78 is 21.7. The van der Waals surface area contributed by atoms with Gasteiger partial charge in [0.05, 0.1) is 18.8 Å². The average Bonchev–Trinajstić information content (AvgIpc) is 3.13. The zero-order chi connectivity index (χ0) is 26.0. The number of hydrogen-bond donors (Lipinski definition) is 7. The Bertz CT molecular complexity index is 1020. The number of phenols is 1. The van der Waals surface area contributed by atoms with Crippen LogP contribution in [0.15, 0.2) is 54.3 Å². The van der Waals surface area contributed by atoms with Gasteiger partial charge in [0, 0.05) is 6.08 Å². The number of hydrogen-bond acceptors (Lipinski definition) is 12. The molecule has 12 nitrogen and oxygen atoms in total. The molecule has 196 valence electrons. The minimum absolute atomic E-state index is 0.0816. The van der Waals surface area contributed by atoms with Crippen LogP contribution >= 0.6 is 0 Å². The van der Waals surface area contributed by atoms with Crippen LogP contribution in [0.4, 0.5) is 0 Å². The zero-order valence-corrected chi connectivity index (χ0v) is 18.9. The first-order valence-corrected chi connectivity index (χ1v) is 11.2. The van der Waals surface area contributed by atoms with Gasteiger partial charge in [0.2, 0.25) is 6.29 Å². The molecule has 0 unspecified atom stereocenters. The SMILES string of the molecule is O=C(/C=C/c1ccc(O)cc1)OCC1=C[C@@H](O)[C@@]2(O)C=CO[C@H](O[C@@H]3O[C@@H](CO)[C@@H](O)[C@H](O)[C@@H]3O)[C@H]12. The van der Waals surface area contributed by atoms with Crippen molar-refractivity contribution in [1.29, 1.82) is 0 Å². The predicted octanol–water partition coefficient (Wildman–Crippen LogP) is -1.72. The molecule has 1 aromatic carbocycles. The number of rotatable bonds is 7. The molecule has 1 saturated heterocycles. The van der Waals surface area contributed by atoms with Gasteiger partial charge in [-0.3, -0.25) is 0 Å². The van der Waals surface area contributed by atoms with E-state index in [-0.39, 0.29) is 17.9 Å². The Kier molecular flexibility index (Phi) is 7.78. The second-order valence-corrected chi connectivity index (χ2v) is 8.72. The highest BCUT2D eigenvalue weighted by Crippen LogP contribution is 2.44. The first kappa shape index (κ1) is 26.3. The maximum absolute atomic E-state index is 12.2. The van der Waals surface area contributed by atoms with Gasteiger partial charge in [0.15, 0.2) is 6.29 Å². The number of fused-ring (bicyclic) bond motifs is 1. The number of carbonyl (C=O) groups excluding carboxylic acids is 1. The molecule has 2 aliphatic heterocycles.